The van der Waals surface area contributed by atoms with E-state index in [-0.39, 0.29) is 30.1 Å². The molecule has 260 valence electrons. The summed E-state index contributed by atoms with van der Waals surface area (Å²) in [6.45, 7) is 11.4. The van der Waals surface area contributed by atoms with E-state index in [0.717, 1.165) is 80.7 Å². The molecule has 1 aliphatic carbocycles. The Labute approximate surface area is 291 Å². The smallest absolute Gasteiger partial charge is 0.329 e. The van der Waals surface area contributed by atoms with Crippen molar-refractivity contribution in [2.45, 2.75) is 95.9 Å². The first-order chi connectivity index (χ1) is 23.9. The number of benzene rings is 2. The van der Waals surface area contributed by atoms with Gasteiger partial charge in [-0.15, -0.1) is 0 Å². The third-order valence-corrected chi connectivity index (χ3v) is 10.5. The number of hydrazone groups is 1. The van der Waals surface area contributed by atoms with Crippen molar-refractivity contribution >= 4 is 23.9 Å². The van der Waals surface area contributed by atoms with Gasteiger partial charge in [0.2, 0.25) is 0 Å². The van der Waals surface area contributed by atoms with E-state index >= 15 is 0 Å². The van der Waals surface area contributed by atoms with E-state index in [9.17, 15) is 9.59 Å². The van der Waals surface area contributed by atoms with Gasteiger partial charge in [-0.05, 0) is 79.2 Å². The number of nitrogens with one attached hydrogen (secondary N) is 3. The molecule has 0 spiro atoms. The molecule has 3 aliphatic heterocycles. The predicted molar refractivity (Wildman–Crippen MR) is 196 cm³/mol. The first-order valence-electron chi connectivity index (χ1n) is 18.1. The number of rotatable bonds is 10. The quantitative estimate of drug-likeness (QED) is 0.235. The molecule has 9 heteroatoms. The summed E-state index contributed by atoms with van der Waals surface area (Å²) in [6.07, 6.45) is 13.0. The number of piperidine rings is 1. The normalized spacial score (nSPS) is 26.5. The number of nitrogens with zero attached hydrogens (tertiary/aromatic N) is 3. The lowest BCUT2D eigenvalue weighted by Crippen LogP contribution is -2.51. The number of amides is 2. The number of anilines is 1. The molecular formula is C40H52N6O3. The summed E-state index contributed by atoms with van der Waals surface area (Å²) >= 11 is 0. The number of hydrogen-bond acceptors (Lipinski definition) is 7. The van der Waals surface area contributed by atoms with E-state index in [2.05, 4.69) is 95.0 Å². The monoisotopic (exact) mass is 664 g/mol. The number of carbonyl (C=O) groups excluding carboxylic acids is 2. The van der Waals surface area contributed by atoms with Crippen molar-refractivity contribution in [3.8, 4) is 0 Å². The van der Waals surface area contributed by atoms with Gasteiger partial charge in [0, 0.05) is 49.9 Å². The predicted octanol–water partition coefficient (Wildman–Crippen LogP) is 7.08. The standard InChI is InChI=1S/C40H52N6O3/c1-4-30-23-31(22-28(2)25-41-42-26-30)24-38(39(47)49-36-16-14-33(15-17-36)32-10-6-5-7-11-32)43-29(3)45-20-18-35(19-21-45)46-27-34-12-8-9-13-37(34)44-40(46)48/h5-13,22-23,25,28,33,35-36,38,42-43H,3-4,14-21,24,26-27H2,1-2H3,(H,44,48)/b30-23-,31-22+,41-25-. The minimum Gasteiger partial charge on any atom is -0.461 e. The van der Waals surface area contributed by atoms with Gasteiger partial charge in [-0.2, -0.15) is 5.10 Å². The molecule has 0 bridgehead atoms. The highest BCUT2D eigenvalue weighted by Crippen LogP contribution is 2.34. The molecule has 2 aromatic carbocycles. The van der Waals surface area contributed by atoms with Gasteiger partial charge in [0.25, 0.3) is 0 Å². The number of likely N-dealkylation sites (tertiary alicyclic amines) is 1. The highest BCUT2D eigenvalue weighted by atomic mass is 16.5. The summed E-state index contributed by atoms with van der Waals surface area (Å²) in [5.74, 6) is 1.12. The van der Waals surface area contributed by atoms with Crippen LogP contribution < -0.4 is 16.1 Å². The zero-order valence-corrected chi connectivity index (χ0v) is 29.1. The van der Waals surface area contributed by atoms with E-state index in [4.69, 9.17) is 4.74 Å². The van der Waals surface area contributed by atoms with Crippen LogP contribution in [0.2, 0.25) is 0 Å². The Hall–Kier alpha value is -4.53. The fourth-order valence-electron chi connectivity index (χ4n) is 7.59. The summed E-state index contributed by atoms with van der Waals surface area (Å²) in [5, 5.41) is 10.9. The Morgan fingerprint density at radius 3 is 2.53 bits per heavy atom. The van der Waals surface area contributed by atoms with Gasteiger partial charge in [-0.1, -0.05) is 81.1 Å². The number of hydrogen-bond donors (Lipinski definition) is 3. The Kier molecular flexibility index (Phi) is 11.4. The van der Waals surface area contributed by atoms with Crippen molar-refractivity contribution in [2.75, 3.05) is 25.0 Å². The Morgan fingerprint density at radius 1 is 1.04 bits per heavy atom. The molecule has 49 heavy (non-hydrogen) atoms. The van der Waals surface area contributed by atoms with Gasteiger partial charge in [0.15, 0.2) is 0 Å². The largest absolute Gasteiger partial charge is 0.461 e. The van der Waals surface area contributed by atoms with Crippen LogP contribution in [0.3, 0.4) is 0 Å². The van der Waals surface area contributed by atoms with E-state index in [1.807, 2.05) is 29.3 Å². The minimum atomic E-state index is -0.583. The molecule has 9 nitrogen and oxygen atoms in total. The molecule has 2 atom stereocenters. The lowest BCUT2D eigenvalue weighted by atomic mass is 9.83. The van der Waals surface area contributed by atoms with E-state index < -0.39 is 6.04 Å². The summed E-state index contributed by atoms with van der Waals surface area (Å²) in [6, 6.07) is 18.2. The lowest BCUT2D eigenvalue weighted by Gasteiger charge is -2.42. The summed E-state index contributed by atoms with van der Waals surface area (Å²) in [5.41, 5.74) is 8.87. The Balaban J connectivity index is 1.11. The average molecular weight is 665 g/mol. The zero-order valence-electron chi connectivity index (χ0n) is 29.1. The number of esters is 1. The van der Waals surface area contributed by atoms with Gasteiger partial charge in [0.05, 0.1) is 12.4 Å². The van der Waals surface area contributed by atoms with Crippen molar-refractivity contribution < 1.29 is 14.3 Å². The van der Waals surface area contributed by atoms with Crippen LogP contribution >= 0.6 is 0 Å². The van der Waals surface area contributed by atoms with E-state index in [0.29, 0.717) is 25.4 Å². The van der Waals surface area contributed by atoms with Crippen LogP contribution in [-0.4, -0.2) is 65.8 Å². The van der Waals surface area contributed by atoms with Crippen LogP contribution in [0.4, 0.5) is 10.5 Å². The maximum atomic E-state index is 14.0. The Bertz CT molecular complexity index is 1550. The fraction of sp³-hybridized carbons (Fsp3) is 0.475. The molecular weight excluding hydrogens is 612 g/mol. The molecule has 3 heterocycles. The third-order valence-electron chi connectivity index (χ3n) is 10.5. The molecule has 0 radical (unpaired) electrons. The SMILES string of the molecule is C=C(NC(CC1=C/C(C)/C=N\NC/C(CC)=C\1)C(=O)OC1CCC(c2ccccc2)CC1)N1CCC(N2Cc3ccccc3NC2=O)CC1. The van der Waals surface area contributed by atoms with E-state index in [1.165, 1.54) is 11.1 Å². The molecule has 2 fully saturated rings. The van der Waals surface area contributed by atoms with Gasteiger partial charge in [-0.25, -0.2) is 9.59 Å². The number of carbonyl (C=O) groups is 2. The molecule has 4 aliphatic rings. The van der Waals surface area contributed by atoms with Crippen LogP contribution in [0.5, 0.6) is 0 Å². The van der Waals surface area contributed by atoms with Crippen LogP contribution in [0.25, 0.3) is 0 Å². The molecule has 2 unspecified atom stereocenters. The van der Waals surface area contributed by atoms with Crippen molar-refractivity contribution in [1.82, 2.24) is 20.5 Å². The number of urea groups is 1. The van der Waals surface area contributed by atoms with Crippen molar-refractivity contribution in [2.24, 2.45) is 11.0 Å². The van der Waals surface area contributed by atoms with Crippen LogP contribution in [0, 0.1) is 5.92 Å². The molecule has 1 saturated heterocycles. The maximum Gasteiger partial charge on any atom is 0.329 e. The first kappa shape index (κ1) is 34.3. The van der Waals surface area contributed by atoms with Crippen molar-refractivity contribution in [3.05, 3.63) is 101 Å². The molecule has 6 rings (SSSR count). The topological polar surface area (TPSA) is 98.3 Å². The van der Waals surface area contributed by atoms with Crippen molar-refractivity contribution in [1.29, 1.82) is 0 Å². The van der Waals surface area contributed by atoms with E-state index in [1.54, 1.807) is 0 Å². The average Bonchev–Trinajstić information content (AvgIpc) is 3.21. The van der Waals surface area contributed by atoms with Gasteiger partial charge < -0.3 is 30.6 Å². The lowest BCUT2D eigenvalue weighted by molar-refractivity contribution is -0.153. The number of fused-ring (bicyclic) bond motifs is 1. The molecule has 2 aromatic rings. The summed E-state index contributed by atoms with van der Waals surface area (Å²) in [7, 11) is 0. The highest BCUT2D eigenvalue weighted by molar-refractivity contribution is 5.92. The second-order valence-corrected chi connectivity index (χ2v) is 14.0. The van der Waals surface area contributed by atoms with Gasteiger partial charge >= 0.3 is 12.0 Å². The highest BCUT2D eigenvalue weighted by Gasteiger charge is 2.33. The molecule has 2 amide bonds. The minimum absolute atomic E-state index is 0.0352. The fourth-order valence-corrected chi connectivity index (χ4v) is 7.59. The number of allylic oxidation sites excluding steroid dienone is 2. The molecule has 3 N–H and O–H groups in total. The number of para-hydroxylation sites is 1. The van der Waals surface area contributed by atoms with Crippen LogP contribution in [0.15, 0.2) is 95.4 Å². The molecule has 1 saturated carbocycles. The van der Waals surface area contributed by atoms with Crippen molar-refractivity contribution in [3.63, 3.8) is 0 Å². The second kappa shape index (κ2) is 16.2. The Morgan fingerprint density at radius 2 is 1.78 bits per heavy atom. The first-order valence-corrected chi connectivity index (χ1v) is 18.1. The van der Waals surface area contributed by atoms with Crippen LogP contribution in [0.1, 0.15) is 82.3 Å². The zero-order chi connectivity index (χ0) is 34.2. The van der Waals surface area contributed by atoms with Gasteiger partial charge in [0.1, 0.15) is 12.1 Å². The summed E-state index contributed by atoms with van der Waals surface area (Å²) < 4.78 is 6.27. The molecule has 0 aromatic heterocycles. The second-order valence-electron chi connectivity index (χ2n) is 14.0. The maximum absolute atomic E-state index is 14.0. The van der Waals surface area contributed by atoms with Crippen LogP contribution in [-0.2, 0) is 16.1 Å². The summed E-state index contributed by atoms with van der Waals surface area (Å²) in [4.78, 5) is 31.2. The number of ether oxygens (including phenoxy) is 1. The third kappa shape index (κ3) is 8.94. The van der Waals surface area contributed by atoms with Gasteiger partial charge in [-0.3, -0.25) is 0 Å².